The lowest BCUT2D eigenvalue weighted by Gasteiger charge is -2.27. The van der Waals surface area contributed by atoms with Crippen LogP contribution < -0.4 is 10.6 Å². The second-order valence-electron chi connectivity index (χ2n) is 5.36. The Morgan fingerprint density at radius 2 is 1.94 bits per heavy atom. The van der Waals surface area contributed by atoms with Gasteiger partial charge in [-0.15, -0.1) is 0 Å². The molecule has 0 aromatic carbocycles. The molecule has 1 fully saturated rings. The molecule has 0 aliphatic heterocycles. The molecule has 3 N–H and O–H groups in total. The monoisotopic (exact) mass is 228 g/mol. The van der Waals surface area contributed by atoms with Crippen LogP contribution >= 0.6 is 0 Å². The van der Waals surface area contributed by atoms with E-state index in [4.69, 9.17) is 5.11 Å². The predicted molar refractivity (Wildman–Crippen MR) is 60.0 cm³/mol. The summed E-state index contributed by atoms with van der Waals surface area (Å²) in [6, 6.07) is -0.398. The topological polar surface area (TPSA) is 78.4 Å². The highest BCUT2D eigenvalue weighted by molar-refractivity contribution is 5.85. The summed E-state index contributed by atoms with van der Waals surface area (Å²) >= 11 is 0. The van der Waals surface area contributed by atoms with E-state index in [2.05, 4.69) is 10.6 Å². The van der Waals surface area contributed by atoms with Crippen LogP contribution in [0.4, 0.5) is 0 Å². The van der Waals surface area contributed by atoms with Crippen LogP contribution in [0, 0.1) is 5.41 Å². The molecule has 0 bridgehead atoms. The minimum absolute atomic E-state index is 0.199. The van der Waals surface area contributed by atoms with Gasteiger partial charge < -0.3 is 15.7 Å². The molecule has 1 rings (SSSR count). The Bertz CT molecular complexity index is 279. The van der Waals surface area contributed by atoms with Crippen molar-refractivity contribution in [2.45, 2.75) is 45.7 Å². The summed E-state index contributed by atoms with van der Waals surface area (Å²) in [4.78, 5) is 22.5. The molecule has 0 aromatic rings. The fraction of sp³-hybridized carbons (Fsp3) is 0.818. The highest BCUT2D eigenvalue weighted by Crippen LogP contribution is 2.20. The van der Waals surface area contributed by atoms with Gasteiger partial charge in [0.1, 0.15) is 6.04 Å². The zero-order valence-corrected chi connectivity index (χ0v) is 10.0. The quantitative estimate of drug-likeness (QED) is 0.634. The van der Waals surface area contributed by atoms with Crippen LogP contribution in [0.3, 0.4) is 0 Å². The summed E-state index contributed by atoms with van der Waals surface area (Å²) in [5, 5.41) is 14.6. The van der Waals surface area contributed by atoms with Gasteiger partial charge in [0.25, 0.3) is 0 Å². The number of carboxylic acids is 1. The largest absolute Gasteiger partial charge is 0.480 e. The lowest BCUT2D eigenvalue weighted by molar-refractivity contribution is -0.144. The lowest BCUT2D eigenvalue weighted by Crippen LogP contribution is -2.51. The van der Waals surface area contributed by atoms with Crippen molar-refractivity contribution >= 4 is 11.9 Å². The van der Waals surface area contributed by atoms with Gasteiger partial charge in [-0.3, -0.25) is 4.79 Å². The maximum absolute atomic E-state index is 11.5. The molecule has 1 atom stereocenters. The molecule has 92 valence electrons. The highest BCUT2D eigenvalue weighted by atomic mass is 16.4. The predicted octanol–water partition coefficient (Wildman–Crippen LogP) is 0.354. The molecule has 0 saturated heterocycles. The molecule has 5 nitrogen and oxygen atoms in total. The Hall–Kier alpha value is -1.10. The van der Waals surface area contributed by atoms with Crippen LogP contribution in [0.15, 0.2) is 0 Å². The molecular weight excluding hydrogens is 208 g/mol. The number of hydrogen-bond donors (Lipinski definition) is 3. The molecule has 0 unspecified atom stereocenters. The first-order valence-corrected chi connectivity index (χ1v) is 5.56. The van der Waals surface area contributed by atoms with E-state index in [9.17, 15) is 9.59 Å². The minimum atomic E-state index is -0.993. The van der Waals surface area contributed by atoms with Gasteiger partial charge >= 0.3 is 5.97 Å². The van der Waals surface area contributed by atoms with Gasteiger partial charge in [0.2, 0.25) is 5.91 Å². The third-order valence-electron chi connectivity index (χ3n) is 2.55. The molecule has 0 aromatic heterocycles. The van der Waals surface area contributed by atoms with Crippen molar-refractivity contribution in [1.82, 2.24) is 10.6 Å². The molecule has 1 amide bonds. The number of carbonyl (C=O) groups excluding carboxylic acids is 1. The van der Waals surface area contributed by atoms with Crippen molar-refractivity contribution in [3.63, 3.8) is 0 Å². The second kappa shape index (κ2) is 4.82. The summed E-state index contributed by atoms with van der Waals surface area (Å²) in [7, 11) is 0. The van der Waals surface area contributed by atoms with Crippen molar-refractivity contribution in [1.29, 1.82) is 0 Å². The van der Waals surface area contributed by atoms with Crippen molar-refractivity contribution in [2.24, 2.45) is 5.41 Å². The van der Waals surface area contributed by atoms with E-state index >= 15 is 0 Å². The van der Waals surface area contributed by atoms with E-state index in [1.54, 1.807) is 20.8 Å². The van der Waals surface area contributed by atoms with E-state index in [1.807, 2.05) is 0 Å². The summed E-state index contributed by atoms with van der Waals surface area (Å²) < 4.78 is 0. The van der Waals surface area contributed by atoms with E-state index in [0.29, 0.717) is 6.04 Å². The maximum Gasteiger partial charge on any atom is 0.326 e. The Balaban J connectivity index is 2.40. The summed E-state index contributed by atoms with van der Waals surface area (Å²) in [6.45, 7) is 5.58. The SMILES string of the molecule is CC(C)(C)[C@H](NC(=O)CNC1CC1)C(=O)O. The van der Waals surface area contributed by atoms with Crippen molar-refractivity contribution in [3.05, 3.63) is 0 Å². The Kier molecular flexibility index (Phi) is 3.91. The van der Waals surface area contributed by atoms with Crippen LogP contribution in [0.2, 0.25) is 0 Å². The van der Waals surface area contributed by atoms with Crippen LogP contribution in [-0.4, -0.2) is 35.6 Å². The first-order valence-electron chi connectivity index (χ1n) is 5.56. The van der Waals surface area contributed by atoms with Gasteiger partial charge in [-0.25, -0.2) is 4.79 Å². The van der Waals surface area contributed by atoms with Gasteiger partial charge in [-0.05, 0) is 18.3 Å². The molecular formula is C11H20N2O3. The maximum atomic E-state index is 11.5. The van der Waals surface area contributed by atoms with Crippen molar-refractivity contribution in [2.75, 3.05) is 6.54 Å². The molecule has 1 saturated carbocycles. The van der Waals surface area contributed by atoms with Gasteiger partial charge in [-0.1, -0.05) is 20.8 Å². The smallest absolute Gasteiger partial charge is 0.326 e. The molecule has 1 aliphatic rings. The van der Waals surface area contributed by atoms with Gasteiger partial charge in [0, 0.05) is 6.04 Å². The first kappa shape index (κ1) is 13.0. The fourth-order valence-electron chi connectivity index (χ4n) is 1.39. The minimum Gasteiger partial charge on any atom is -0.480 e. The van der Waals surface area contributed by atoms with Gasteiger partial charge in [0.05, 0.1) is 6.54 Å². The third-order valence-corrected chi connectivity index (χ3v) is 2.55. The zero-order valence-electron chi connectivity index (χ0n) is 10.0. The number of aliphatic carboxylic acids is 1. The van der Waals surface area contributed by atoms with Gasteiger partial charge in [0.15, 0.2) is 0 Å². The summed E-state index contributed by atoms with van der Waals surface area (Å²) in [5.74, 6) is -1.25. The Labute approximate surface area is 95.6 Å². The van der Waals surface area contributed by atoms with Crippen LogP contribution in [0.5, 0.6) is 0 Å². The van der Waals surface area contributed by atoms with E-state index in [0.717, 1.165) is 12.8 Å². The number of carbonyl (C=O) groups is 2. The van der Waals surface area contributed by atoms with E-state index < -0.39 is 17.4 Å². The molecule has 1 aliphatic carbocycles. The Morgan fingerprint density at radius 1 is 1.38 bits per heavy atom. The standard InChI is InChI=1S/C11H20N2O3/c1-11(2,3)9(10(15)16)13-8(14)6-12-7-4-5-7/h7,9,12H,4-6H2,1-3H3,(H,13,14)(H,15,16)/t9-/m1/s1. The number of carboxylic acid groups (broad SMARTS) is 1. The normalized spacial score (nSPS) is 17.9. The van der Waals surface area contributed by atoms with Crippen LogP contribution in [-0.2, 0) is 9.59 Å². The average Bonchev–Trinajstić information content (AvgIpc) is 2.91. The fourth-order valence-corrected chi connectivity index (χ4v) is 1.39. The number of nitrogens with one attached hydrogen (secondary N) is 2. The molecule has 0 radical (unpaired) electrons. The summed E-state index contributed by atoms with van der Waals surface area (Å²) in [5.41, 5.74) is -0.485. The molecule has 5 heteroatoms. The Morgan fingerprint density at radius 3 is 2.31 bits per heavy atom. The number of amides is 1. The van der Waals surface area contributed by atoms with Crippen LogP contribution in [0.1, 0.15) is 33.6 Å². The first-order chi connectivity index (χ1) is 7.30. The summed E-state index contributed by atoms with van der Waals surface area (Å²) in [6.07, 6.45) is 2.21. The van der Waals surface area contributed by atoms with E-state index in [-0.39, 0.29) is 12.5 Å². The van der Waals surface area contributed by atoms with Crippen molar-refractivity contribution < 1.29 is 14.7 Å². The number of rotatable bonds is 5. The molecule has 0 heterocycles. The van der Waals surface area contributed by atoms with Crippen molar-refractivity contribution in [3.8, 4) is 0 Å². The highest BCUT2D eigenvalue weighted by Gasteiger charge is 2.32. The van der Waals surface area contributed by atoms with Gasteiger partial charge in [-0.2, -0.15) is 0 Å². The average molecular weight is 228 g/mol. The zero-order chi connectivity index (χ0) is 12.3. The van der Waals surface area contributed by atoms with E-state index in [1.165, 1.54) is 0 Å². The molecule has 0 spiro atoms. The van der Waals surface area contributed by atoms with Crippen LogP contribution in [0.25, 0.3) is 0 Å². The number of hydrogen-bond acceptors (Lipinski definition) is 3. The lowest BCUT2D eigenvalue weighted by atomic mass is 9.87. The molecule has 16 heavy (non-hydrogen) atoms. The third kappa shape index (κ3) is 4.18. The second-order valence-corrected chi connectivity index (χ2v) is 5.36.